The quantitative estimate of drug-likeness (QED) is 0.736. The van der Waals surface area contributed by atoms with Crippen molar-refractivity contribution in [3.05, 3.63) is 42.5 Å². The molecule has 0 radical (unpaired) electrons. The molecule has 0 N–H and O–H groups in total. The Hall–Kier alpha value is -2.70. The molecule has 0 saturated carbocycles. The minimum absolute atomic E-state index is 0.146. The minimum Gasteiger partial charge on any atom is -0.487 e. The molecule has 3 aromatic heterocycles. The molecule has 23 heavy (non-hydrogen) atoms. The summed E-state index contributed by atoms with van der Waals surface area (Å²) in [6.07, 6.45) is 5.77. The van der Waals surface area contributed by atoms with Crippen molar-refractivity contribution in [1.82, 2.24) is 24.8 Å². The Morgan fingerprint density at radius 1 is 1.22 bits per heavy atom. The largest absolute Gasteiger partial charge is 0.487 e. The number of ether oxygens (including phenoxy) is 1. The van der Waals surface area contributed by atoms with Crippen LogP contribution in [0.25, 0.3) is 5.65 Å². The summed E-state index contributed by atoms with van der Waals surface area (Å²) in [6.45, 7) is 3.70. The van der Waals surface area contributed by atoms with Gasteiger partial charge in [0.1, 0.15) is 17.7 Å². The summed E-state index contributed by atoms with van der Waals surface area (Å²) in [7, 11) is 0. The lowest BCUT2D eigenvalue weighted by molar-refractivity contribution is 0.178. The van der Waals surface area contributed by atoms with Crippen molar-refractivity contribution in [1.29, 1.82) is 0 Å². The third kappa shape index (κ3) is 2.81. The van der Waals surface area contributed by atoms with Crippen LogP contribution in [0.2, 0.25) is 0 Å². The lowest BCUT2D eigenvalue weighted by Crippen LogP contribution is -2.41. The molecule has 0 amide bonds. The van der Waals surface area contributed by atoms with Crippen molar-refractivity contribution in [3.63, 3.8) is 0 Å². The van der Waals surface area contributed by atoms with Crippen LogP contribution in [-0.2, 0) is 0 Å². The third-order valence-electron chi connectivity index (χ3n) is 4.04. The maximum absolute atomic E-state index is 6.04. The van der Waals surface area contributed by atoms with Gasteiger partial charge in [0.2, 0.25) is 0 Å². The predicted octanol–water partition coefficient (Wildman–Crippen LogP) is 1.88. The summed E-state index contributed by atoms with van der Waals surface area (Å²) >= 11 is 0. The zero-order valence-corrected chi connectivity index (χ0v) is 13.0. The van der Waals surface area contributed by atoms with Gasteiger partial charge in [-0.2, -0.15) is 4.52 Å². The van der Waals surface area contributed by atoms with Crippen LogP contribution < -0.4 is 9.64 Å². The van der Waals surface area contributed by atoms with E-state index in [2.05, 4.69) is 25.2 Å². The van der Waals surface area contributed by atoms with Gasteiger partial charge >= 0.3 is 0 Å². The van der Waals surface area contributed by atoms with E-state index in [1.165, 1.54) is 0 Å². The van der Waals surface area contributed by atoms with Gasteiger partial charge in [-0.05, 0) is 44.0 Å². The highest BCUT2D eigenvalue weighted by molar-refractivity contribution is 5.46. The Morgan fingerprint density at radius 2 is 2.17 bits per heavy atom. The van der Waals surface area contributed by atoms with E-state index in [4.69, 9.17) is 4.74 Å². The first-order valence-electron chi connectivity index (χ1n) is 7.80. The first-order chi connectivity index (χ1) is 11.3. The van der Waals surface area contributed by atoms with Crippen LogP contribution in [0.4, 0.5) is 5.82 Å². The summed E-state index contributed by atoms with van der Waals surface area (Å²) in [5.41, 5.74) is 0.770. The first kappa shape index (κ1) is 13.9. The molecular weight excluding hydrogens is 292 g/mol. The monoisotopic (exact) mass is 310 g/mol. The van der Waals surface area contributed by atoms with Crippen molar-refractivity contribution in [3.8, 4) is 5.75 Å². The number of aromatic nitrogens is 5. The number of anilines is 1. The summed E-state index contributed by atoms with van der Waals surface area (Å²) in [4.78, 5) is 6.35. The van der Waals surface area contributed by atoms with Gasteiger partial charge in [0, 0.05) is 12.7 Å². The van der Waals surface area contributed by atoms with E-state index < -0.39 is 0 Å². The lowest BCUT2D eigenvalue weighted by Gasteiger charge is -2.33. The van der Waals surface area contributed by atoms with Gasteiger partial charge in [-0.25, -0.2) is 0 Å². The fraction of sp³-hybridized carbons (Fsp3) is 0.375. The highest BCUT2D eigenvalue weighted by Crippen LogP contribution is 2.21. The van der Waals surface area contributed by atoms with Crippen LogP contribution >= 0.6 is 0 Å². The number of aryl methyl sites for hydroxylation is 1. The van der Waals surface area contributed by atoms with Crippen LogP contribution in [0.15, 0.2) is 36.7 Å². The van der Waals surface area contributed by atoms with E-state index in [0.717, 1.165) is 49.0 Å². The molecule has 4 rings (SSSR count). The Labute approximate surface area is 133 Å². The Balaban J connectivity index is 1.52. The topological polar surface area (TPSA) is 68.4 Å². The van der Waals surface area contributed by atoms with Crippen LogP contribution in [0, 0.1) is 6.92 Å². The van der Waals surface area contributed by atoms with E-state index in [9.17, 15) is 0 Å². The molecule has 0 bridgehead atoms. The molecule has 3 aromatic rings. The molecule has 4 heterocycles. The lowest BCUT2D eigenvalue weighted by atomic mass is 10.1. The second-order valence-corrected chi connectivity index (χ2v) is 5.73. The van der Waals surface area contributed by atoms with Crippen molar-refractivity contribution in [2.45, 2.75) is 25.9 Å². The van der Waals surface area contributed by atoms with E-state index >= 15 is 0 Å². The van der Waals surface area contributed by atoms with Crippen molar-refractivity contribution in [2.24, 2.45) is 0 Å². The number of hydrogen-bond acceptors (Lipinski definition) is 6. The second kappa shape index (κ2) is 5.83. The number of pyridine rings is 1. The SMILES string of the molecule is Cc1nnc2ccc(N3CCCC(Oc4cccnc4)C3)nn12. The number of fused-ring (bicyclic) bond motifs is 1. The Morgan fingerprint density at radius 3 is 3.04 bits per heavy atom. The number of nitrogens with zero attached hydrogens (tertiary/aromatic N) is 6. The van der Waals surface area contributed by atoms with Crippen LogP contribution in [0.1, 0.15) is 18.7 Å². The van der Waals surface area contributed by atoms with Crippen molar-refractivity contribution >= 4 is 11.5 Å². The van der Waals surface area contributed by atoms with Crippen LogP contribution in [0.3, 0.4) is 0 Å². The second-order valence-electron chi connectivity index (χ2n) is 5.73. The van der Waals surface area contributed by atoms with Gasteiger partial charge in [-0.3, -0.25) is 4.98 Å². The summed E-state index contributed by atoms with van der Waals surface area (Å²) in [6, 6.07) is 7.78. The molecule has 118 valence electrons. The van der Waals surface area contributed by atoms with E-state index in [-0.39, 0.29) is 6.10 Å². The summed E-state index contributed by atoms with van der Waals surface area (Å²) in [5.74, 6) is 2.54. The molecule has 7 heteroatoms. The Kier molecular flexibility index (Phi) is 3.53. The fourth-order valence-electron chi connectivity index (χ4n) is 2.91. The summed E-state index contributed by atoms with van der Waals surface area (Å²) < 4.78 is 7.82. The minimum atomic E-state index is 0.146. The molecule has 1 aliphatic rings. The predicted molar refractivity (Wildman–Crippen MR) is 85.6 cm³/mol. The van der Waals surface area contributed by atoms with E-state index in [0.29, 0.717) is 0 Å². The maximum atomic E-state index is 6.04. The average molecular weight is 310 g/mol. The fourth-order valence-corrected chi connectivity index (χ4v) is 2.91. The van der Waals surface area contributed by atoms with Gasteiger partial charge in [0.25, 0.3) is 0 Å². The van der Waals surface area contributed by atoms with Gasteiger partial charge in [-0.15, -0.1) is 15.3 Å². The molecule has 0 aliphatic carbocycles. The van der Waals surface area contributed by atoms with E-state index in [1.54, 1.807) is 16.9 Å². The molecule has 0 spiro atoms. The maximum Gasteiger partial charge on any atom is 0.178 e. The number of piperidine rings is 1. The third-order valence-corrected chi connectivity index (χ3v) is 4.04. The van der Waals surface area contributed by atoms with Gasteiger partial charge < -0.3 is 9.64 Å². The van der Waals surface area contributed by atoms with Crippen molar-refractivity contribution in [2.75, 3.05) is 18.0 Å². The van der Waals surface area contributed by atoms with Crippen LogP contribution in [-0.4, -0.2) is 44.0 Å². The van der Waals surface area contributed by atoms with E-state index in [1.807, 2.05) is 31.2 Å². The first-order valence-corrected chi connectivity index (χ1v) is 7.80. The average Bonchev–Trinajstić information content (AvgIpc) is 2.97. The highest BCUT2D eigenvalue weighted by atomic mass is 16.5. The molecule has 0 aromatic carbocycles. The smallest absolute Gasteiger partial charge is 0.178 e. The van der Waals surface area contributed by atoms with Crippen molar-refractivity contribution < 1.29 is 4.74 Å². The standard InChI is InChI=1S/C16H18N6O/c1-12-18-19-15-6-7-16(20-22(12)15)21-9-3-5-14(11-21)23-13-4-2-8-17-10-13/h2,4,6-8,10,14H,3,5,9,11H2,1H3. The number of rotatable bonds is 3. The van der Waals surface area contributed by atoms with Gasteiger partial charge in [0.05, 0.1) is 12.7 Å². The normalized spacial score (nSPS) is 18.3. The molecule has 1 atom stereocenters. The molecule has 1 unspecified atom stereocenters. The molecular formula is C16H18N6O. The molecule has 7 nitrogen and oxygen atoms in total. The zero-order valence-electron chi connectivity index (χ0n) is 13.0. The molecule has 1 aliphatic heterocycles. The van der Waals surface area contributed by atoms with Gasteiger partial charge in [-0.1, -0.05) is 0 Å². The highest BCUT2D eigenvalue weighted by Gasteiger charge is 2.23. The molecule has 1 fully saturated rings. The molecule has 1 saturated heterocycles. The number of hydrogen-bond donors (Lipinski definition) is 0. The Bertz CT molecular complexity index is 803. The summed E-state index contributed by atoms with van der Waals surface area (Å²) in [5, 5.41) is 12.8. The van der Waals surface area contributed by atoms with Gasteiger partial charge in [0.15, 0.2) is 11.5 Å². The zero-order chi connectivity index (χ0) is 15.6. The van der Waals surface area contributed by atoms with Crippen LogP contribution in [0.5, 0.6) is 5.75 Å².